The summed E-state index contributed by atoms with van der Waals surface area (Å²) in [7, 11) is 1.60. The van der Waals surface area contributed by atoms with Gasteiger partial charge in [0.2, 0.25) is 5.95 Å². The molecule has 0 fully saturated rings. The highest BCUT2D eigenvalue weighted by atomic mass is 16.5. The van der Waals surface area contributed by atoms with Crippen LogP contribution in [-0.4, -0.2) is 34.5 Å². The normalized spacial score (nSPS) is 14.9. The lowest BCUT2D eigenvalue weighted by atomic mass is 9.95. The van der Waals surface area contributed by atoms with E-state index in [1.807, 2.05) is 55.5 Å². The number of carbonyl (C=O) groups excluding carboxylic acids is 1. The molecule has 8 heteroatoms. The van der Waals surface area contributed by atoms with Crippen LogP contribution < -0.4 is 14.8 Å². The molecule has 0 spiro atoms. The monoisotopic (exact) mass is 448 g/mol. The molecular weight excluding hydrogens is 420 g/mol. The minimum absolute atomic E-state index is 0.181. The predicted molar refractivity (Wildman–Crippen MR) is 124 cm³/mol. The van der Waals surface area contributed by atoms with Crippen LogP contribution in [0.4, 0.5) is 5.95 Å². The Morgan fingerprint density at radius 1 is 1.15 bits per heavy atom. The van der Waals surface area contributed by atoms with Gasteiger partial charge < -0.3 is 19.5 Å². The van der Waals surface area contributed by atoms with Crippen molar-refractivity contribution in [3.8, 4) is 11.5 Å². The molecule has 0 bridgehead atoms. The van der Waals surface area contributed by atoms with Gasteiger partial charge in [-0.25, -0.2) is 9.48 Å². The third-order valence-corrected chi connectivity index (χ3v) is 5.49. The zero-order valence-electron chi connectivity index (χ0n) is 19.1. The molecule has 3 aromatic rings. The number of aromatic nitrogens is 3. The molecule has 2 heterocycles. The van der Waals surface area contributed by atoms with E-state index in [0.717, 1.165) is 24.0 Å². The fourth-order valence-electron chi connectivity index (χ4n) is 3.76. The topological polar surface area (TPSA) is 87.5 Å². The Balaban J connectivity index is 1.66. The molecule has 8 nitrogen and oxygen atoms in total. The van der Waals surface area contributed by atoms with Crippen LogP contribution in [0.1, 0.15) is 43.9 Å². The molecule has 1 aromatic heterocycles. The summed E-state index contributed by atoms with van der Waals surface area (Å²) in [5.74, 6) is 1.39. The van der Waals surface area contributed by atoms with Gasteiger partial charge in [0, 0.05) is 5.70 Å². The van der Waals surface area contributed by atoms with Crippen molar-refractivity contribution in [1.29, 1.82) is 0 Å². The quantitative estimate of drug-likeness (QED) is 0.381. The SMILES string of the molecule is CCCCOc1ccc(C2C(C(=O)OCc3ccccc3)=C(C)Nc3ncnn32)cc1OC. The number of nitrogens with one attached hydrogen (secondary N) is 1. The summed E-state index contributed by atoms with van der Waals surface area (Å²) in [6.45, 7) is 4.75. The van der Waals surface area contributed by atoms with E-state index in [1.54, 1.807) is 11.8 Å². The zero-order chi connectivity index (χ0) is 23.2. The number of hydrogen-bond acceptors (Lipinski definition) is 7. The van der Waals surface area contributed by atoms with Crippen molar-refractivity contribution in [2.45, 2.75) is 39.3 Å². The number of ether oxygens (including phenoxy) is 3. The van der Waals surface area contributed by atoms with Crippen molar-refractivity contribution in [2.75, 3.05) is 19.0 Å². The zero-order valence-corrected chi connectivity index (χ0v) is 19.1. The van der Waals surface area contributed by atoms with Gasteiger partial charge in [-0.2, -0.15) is 10.1 Å². The number of fused-ring (bicyclic) bond motifs is 1. The number of esters is 1. The maximum atomic E-state index is 13.3. The van der Waals surface area contributed by atoms with Gasteiger partial charge in [0.15, 0.2) is 11.5 Å². The average molecular weight is 449 g/mol. The van der Waals surface area contributed by atoms with Gasteiger partial charge in [-0.3, -0.25) is 0 Å². The number of unbranched alkanes of at least 4 members (excludes halogenated alkanes) is 1. The van der Waals surface area contributed by atoms with E-state index in [9.17, 15) is 4.79 Å². The van der Waals surface area contributed by atoms with Crippen molar-refractivity contribution in [3.63, 3.8) is 0 Å². The summed E-state index contributed by atoms with van der Waals surface area (Å²) in [5.41, 5.74) is 2.86. The van der Waals surface area contributed by atoms with Crippen LogP contribution in [0.3, 0.4) is 0 Å². The van der Waals surface area contributed by atoms with E-state index in [2.05, 4.69) is 22.3 Å². The second-order valence-corrected chi connectivity index (χ2v) is 7.77. The van der Waals surface area contributed by atoms with Gasteiger partial charge in [0.1, 0.15) is 19.0 Å². The molecule has 0 aliphatic carbocycles. The molecule has 0 amide bonds. The number of hydrogen-bond donors (Lipinski definition) is 1. The first kappa shape index (κ1) is 22.4. The van der Waals surface area contributed by atoms with Crippen molar-refractivity contribution in [1.82, 2.24) is 14.8 Å². The summed E-state index contributed by atoms with van der Waals surface area (Å²) in [6.07, 6.45) is 3.46. The van der Waals surface area contributed by atoms with E-state index < -0.39 is 12.0 Å². The van der Waals surface area contributed by atoms with E-state index >= 15 is 0 Å². The standard InChI is InChI=1S/C25H28N4O4/c1-4-5-13-32-20-12-11-19(14-21(20)31-3)23-22(17(2)28-25-26-16-27-29(23)25)24(30)33-15-18-9-7-6-8-10-18/h6-12,14,16,23H,4-5,13,15H2,1-3H3,(H,26,27,28). The van der Waals surface area contributed by atoms with Gasteiger partial charge in [0.05, 0.1) is 19.3 Å². The molecule has 1 aliphatic heterocycles. The highest BCUT2D eigenvalue weighted by Crippen LogP contribution is 2.39. The lowest BCUT2D eigenvalue weighted by molar-refractivity contribution is -0.140. The molecule has 33 heavy (non-hydrogen) atoms. The number of nitrogens with zero attached hydrogens (tertiary/aromatic N) is 3. The van der Waals surface area contributed by atoms with E-state index in [1.165, 1.54) is 6.33 Å². The van der Waals surface area contributed by atoms with Crippen molar-refractivity contribution in [2.24, 2.45) is 0 Å². The van der Waals surface area contributed by atoms with Crippen molar-refractivity contribution >= 4 is 11.9 Å². The average Bonchev–Trinajstić information content (AvgIpc) is 3.30. The highest BCUT2D eigenvalue weighted by molar-refractivity contribution is 5.92. The molecule has 172 valence electrons. The Kier molecular flexibility index (Phi) is 6.92. The number of methoxy groups -OCH3 is 1. The highest BCUT2D eigenvalue weighted by Gasteiger charge is 2.35. The van der Waals surface area contributed by atoms with Crippen LogP contribution in [0.25, 0.3) is 0 Å². The largest absolute Gasteiger partial charge is 0.493 e. The first-order chi connectivity index (χ1) is 16.1. The maximum Gasteiger partial charge on any atom is 0.338 e. The third-order valence-electron chi connectivity index (χ3n) is 5.49. The predicted octanol–water partition coefficient (Wildman–Crippen LogP) is 4.50. The molecule has 1 unspecified atom stereocenters. The smallest absolute Gasteiger partial charge is 0.338 e. The van der Waals surface area contributed by atoms with Crippen LogP contribution in [-0.2, 0) is 16.1 Å². The molecule has 2 aromatic carbocycles. The number of benzene rings is 2. The first-order valence-corrected chi connectivity index (χ1v) is 11.0. The Bertz CT molecular complexity index is 1140. The number of carbonyl (C=O) groups is 1. The number of rotatable bonds is 9. The summed E-state index contributed by atoms with van der Waals surface area (Å²) < 4.78 is 18.8. The molecular formula is C25H28N4O4. The summed E-state index contributed by atoms with van der Waals surface area (Å²) in [6, 6.07) is 14.7. The minimum atomic E-state index is -0.523. The molecule has 1 atom stereocenters. The van der Waals surface area contributed by atoms with Crippen LogP contribution in [0.5, 0.6) is 11.5 Å². The Morgan fingerprint density at radius 2 is 1.97 bits per heavy atom. The lowest BCUT2D eigenvalue weighted by Crippen LogP contribution is -2.29. The van der Waals surface area contributed by atoms with Crippen LogP contribution in [0.15, 0.2) is 66.1 Å². The number of allylic oxidation sites excluding steroid dienone is 1. The van der Waals surface area contributed by atoms with Gasteiger partial charge in [-0.05, 0) is 36.6 Å². The van der Waals surface area contributed by atoms with E-state index in [4.69, 9.17) is 14.2 Å². The van der Waals surface area contributed by atoms with Crippen molar-refractivity contribution < 1.29 is 19.0 Å². The van der Waals surface area contributed by atoms with Crippen LogP contribution in [0, 0.1) is 0 Å². The van der Waals surface area contributed by atoms with E-state index in [0.29, 0.717) is 35.3 Å². The molecule has 1 N–H and O–H groups in total. The summed E-state index contributed by atoms with van der Waals surface area (Å²) >= 11 is 0. The Hall–Kier alpha value is -3.81. The first-order valence-electron chi connectivity index (χ1n) is 11.0. The lowest BCUT2D eigenvalue weighted by Gasteiger charge is -2.28. The third kappa shape index (κ3) is 4.84. The minimum Gasteiger partial charge on any atom is -0.493 e. The summed E-state index contributed by atoms with van der Waals surface area (Å²) in [5, 5.41) is 7.52. The van der Waals surface area contributed by atoms with Crippen LogP contribution >= 0.6 is 0 Å². The van der Waals surface area contributed by atoms with Crippen molar-refractivity contribution in [3.05, 3.63) is 77.3 Å². The molecule has 0 radical (unpaired) electrons. The van der Waals surface area contributed by atoms with Gasteiger partial charge >= 0.3 is 5.97 Å². The molecule has 1 aliphatic rings. The fraction of sp³-hybridized carbons (Fsp3) is 0.320. The van der Waals surface area contributed by atoms with Crippen LogP contribution in [0.2, 0.25) is 0 Å². The maximum absolute atomic E-state index is 13.3. The van der Waals surface area contributed by atoms with Gasteiger partial charge in [-0.15, -0.1) is 0 Å². The molecule has 4 rings (SSSR count). The second kappa shape index (κ2) is 10.2. The molecule has 0 saturated heterocycles. The Labute approximate surface area is 193 Å². The number of anilines is 1. The fourth-order valence-corrected chi connectivity index (χ4v) is 3.76. The van der Waals surface area contributed by atoms with Gasteiger partial charge in [-0.1, -0.05) is 49.7 Å². The Morgan fingerprint density at radius 3 is 2.73 bits per heavy atom. The second-order valence-electron chi connectivity index (χ2n) is 7.77. The summed E-state index contributed by atoms with van der Waals surface area (Å²) in [4.78, 5) is 17.5. The molecule has 0 saturated carbocycles. The van der Waals surface area contributed by atoms with E-state index in [-0.39, 0.29) is 6.61 Å². The van der Waals surface area contributed by atoms with Gasteiger partial charge in [0.25, 0.3) is 0 Å².